The van der Waals surface area contributed by atoms with Crippen molar-refractivity contribution in [3.63, 3.8) is 0 Å². The Hall–Kier alpha value is -0.200. The average molecular weight is 262 g/mol. The first-order chi connectivity index (χ1) is 8.61. The van der Waals surface area contributed by atoms with Gasteiger partial charge >= 0.3 is 0 Å². The van der Waals surface area contributed by atoms with Gasteiger partial charge < -0.3 is 26.0 Å². The number of hydrogen-bond acceptors (Lipinski definition) is 5. The zero-order valence-corrected chi connectivity index (χ0v) is 11.6. The first-order valence-electron chi connectivity index (χ1n) is 6.95. The summed E-state index contributed by atoms with van der Waals surface area (Å²) in [6, 6.07) is 0. The van der Waals surface area contributed by atoms with Crippen LogP contribution in [0.2, 0.25) is 0 Å². The van der Waals surface area contributed by atoms with Crippen molar-refractivity contribution in [1.82, 2.24) is 4.90 Å². The number of aliphatic hydroxyl groups is 3. The van der Waals surface area contributed by atoms with Gasteiger partial charge in [0.05, 0.1) is 25.4 Å². The van der Waals surface area contributed by atoms with Crippen molar-refractivity contribution >= 4 is 0 Å². The molecule has 0 amide bonds. The Balaban J connectivity index is 0.000000331. The van der Waals surface area contributed by atoms with Crippen LogP contribution in [0.5, 0.6) is 0 Å². The highest BCUT2D eigenvalue weighted by Crippen LogP contribution is 2.08. The highest BCUT2D eigenvalue weighted by atomic mass is 16.3. The van der Waals surface area contributed by atoms with Crippen molar-refractivity contribution in [3.8, 4) is 0 Å². The lowest BCUT2D eigenvalue weighted by atomic mass is 10.1. The average Bonchev–Trinajstić information content (AvgIpc) is 2.92. The van der Waals surface area contributed by atoms with Gasteiger partial charge in [0.2, 0.25) is 0 Å². The van der Waals surface area contributed by atoms with Crippen LogP contribution in [0.1, 0.15) is 39.0 Å². The monoisotopic (exact) mass is 262 g/mol. The normalized spacial score (nSPS) is 16.5. The summed E-state index contributed by atoms with van der Waals surface area (Å²) in [4.78, 5) is 2.59. The lowest BCUT2D eigenvalue weighted by Gasteiger charge is -2.20. The molecule has 0 aromatic rings. The molecule has 0 spiro atoms. The van der Waals surface area contributed by atoms with Crippen molar-refractivity contribution < 1.29 is 15.3 Å². The quantitative estimate of drug-likeness (QED) is 0.482. The number of rotatable bonds is 7. The zero-order valence-electron chi connectivity index (χ0n) is 11.6. The summed E-state index contributed by atoms with van der Waals surface area (Å²) in [6.07, 6.45) is 7.05. The molecule has 110 valence electrons. The Morgan fingerprint density at radius 3 is 1.83 bits per heavy atom. The molecule has 1 rings (SSSR count). The molecule has 1 saturated heterocycles. The Bertz CT molecular complexity index is 173. The van der Waals surface area contributed by atoms with Crippen LogP contribution in [0.3, 0.4) is 0 Å². The van der Waals surface area contributed by atoms with E-state index in [1.54, 1.807) is 0 Å². The van der Waals surface area contributed by atoms with Crippen molar-refractivity contribution in [2.24, 2.45) is 5.73 Å². The van der Waals surface area contributed by atoms with E-state index in [1.165, 1.54) is 51.7 Å². The molecule has 0 unspecified atom stereocenters. The van der Waals surface area contributed by atoms with Gasteiger partial charge in [-0.2, -0.15) is 0 Å². The summed E-state index contributed by atoms with van der Waals surface area (Å²) >= 11 is 0. The number of likely N-dealkylation sites (tertiary alicyclic amines) is 1. The Kier molecular flexibility index (Phi) is 10.6. The minimum absolute atomic E-state index is 0.403. The van der Waals surface area contributed by atoms with Crippen LogP contribution in [0, 0.1) is 0 Å². The molecule has 5 nitrogen and oxygen atoms in total. The first kappa shape index (κ1) is 17.8. The van der Waals surface area contributed by atoms with Gasteiger partial charge in [-0.15, -0.1) is 0 Å². The third-order valence-electron chi connectivity index (χ3n) is 3.22. The third-order valence-corrected chi connectivity index (χ3v) is 3.22. The molecule has 1 aliphatic rings. The van der Waals surface area contributed by atoms with Gasteiger partial charge in [0, 0.05) is 0 Å². The molecule has 0 radical (unpaired) electrons. The molecule has 0 atom stereocenters. The van der Waals surface area contributed by atoms with Crippen molar-refractivity contribution in [3.05, 3.63) is 0 Å². The van der Waals surface area contributed by atoms with Gasteiger partial charge in [0.15, 0.2) is 0 Å². The molecule has 1 heterocycles. The second-order valence-corrected chi connectivity index (χ2v) is 5.09. The molecule has 18 heavy (non-hydrogen) atoms. The summed E-state index contributed by atoms with van der Waals surface area (Å²) in [6.45, 7) is 5.14. The fourth-order valence-corrected chi connectivity index (χ4v) is 1.74. The topological polar surface area (TPSA) is 90.0 Å². The Labute approximate surface area is 111 Å². The minimum atomic E-state index is -1.21. The molecule has 5 N–H and O–H groups in total. The summed E-state index contributed by atoms with van der Waals surface area (Å²) in [5.41, 5.74) is 3.94. The molecular weight excluding hydrogens is 232 g/mol. The lowest BCUT2D eigenvalue weighted by molar-refractivity contribution is 0.0698. The molecule has 0 bridgehead atoms. The van der Waals surface area contributed by atoms with Crippen molar-refractivity contribution in [1.29, 1.82) is 0 Å². The summed E-state index contributed by atoms with van der Waals surface area (Å²) < 4.78 is 0. The smallest absolute Gasteiger partial charge is 0.0856 e. The maximum atomic E-state index is 8.34. The number of nitrogens with zero attached hydrogens (tertiary/aromatic N) is 1. The lowest BCUT2D eigenvalue weighted by Crippen LogP contribution is -2.50. The van der Waals surface area contributed by atoms with E-state index < -0.39 is 25.4 Å². The predicted molar refractivity (Wildman–Crippen MR) is 73.4 cm³/mol. The van der Waals surface area contributed by atoms with Crippen molar-refractivity contribution in [2.45, 2.75) is 44.6 Å². The molecule has 1 fully saturated rings. The summed E-state index contributed by atoms with van der Waals surface area (Å²) in [5, 5.41) is 25.0. The van der Waals surface area contributed by atoms with Gasteiger partial charge in [-0.1, -0.05) is 19.8 Å². The van der Waals surface area contributed by atoms with Crippen molar-refractivity contribution in [2.75, 3.05) is 39.5 Å². The van der Waals surface area contributed by atoms with Crippen LogP contribution >= 0.6 is 0 Å². The van der Waals surface area contributed by atoms with Gasteiger partial charge in [0.25, 0.3) is 0 Å². The van der Waals surface area contributed by atoms with Crippen LogP contribution in [-0.2, 0) is 0 Å². The fraction of sp³-hybridized carbons (Fsp3) is 1.00. The maximum Gasteiger partial charge on any atom is 0.0856 e. The van der Waals surface area contributed by atoms with E-state index in [1.807, 2.05) is 0 Å². The first-order valence-corrected chi connectivity index (χ1v) is 6.95. The SMILES string of the molecule is CCCCCN1CCCC1.NC(CO)(CO)CO. The second-order valence-electron chi connectivity index (χ2n) is 5.09. The maximum absolute atomic E-state index is 8.34. The minimum Gasteiger partial charge on any atom is -0.394 e. The van der Waals surface area contributed by atoms with E-state index in [2.05, 4.69) is 11.8 Å². The van der Waals surface area contributed by atoms with E-state index in [4.69, 9.17) is 21.1 Å². The second kappa shape index (κ2) is 10.7. The van der Waals surface area contributed by atoms with Crippen LogP contribution in [-0.4, -0.2) is 65.2 Å². The zero-order chi connectivity index (χ0) is 13.9. The van der Waals surface area contributed by atoms with Crippen LogP contribution < -0.4 is 5.73 Å². The van der Waals surface area contributed by atoms with Crippen LogP contribution in [0.15, 0.2) is 0 Å². The molecule has 5 heteroatoms. The molecular formula is C13H30N2O3. The highest BCUT2D eigenvalue weighted by molar-refractivity contribution is 4.80. The number of aliphatic hydroxyl groups excluding tert-OH is 3. The van der Waals surface area contributed by atoms with Gasteiger partial charge in [-0.05, 0) is 38.9 Å². The number of nitrogens with two attached hydrogens (primary N) is 1. The Morgan fingerprint density at radius 1 is 1.00 bits per heavy atom. The number of unbranched alkanes of at least 4 members (excludes halogenated alkanes) is 2. The van der Waals surface area contributed by atoms with Gasteiger partial charge in [0.1, 0.15) is 0 Å². The molecule has 0 aromatic carbocycles. The molecule has 0 aromatic heterocycles. The molecule has 0 aliphatic carbocycles. The van der Waals surface area contributed by atoms with E-state index >= 15 is 0 Å². The molecule has 1 aliphatic heterocycles. The highest BCUT2D eigenvalue weighted by Gasteiger charge is 2.20. The largest absolute Gasteiger partial charge is 0.394 e. The summed E-state index contributed by atoms with van der Waals surface area (Å²) in [7, 11) is 0. The van der Waals surface area contributed by atoms with Crippen LogP contribution in [0.4, 0.5) is 0 Å². The van der Waals surface area contributed by atoms with Gasteiger partial charge in [-0.3, -0.25) is 0 Å². The summed E-state index contributed by atoms with van der Waals surface area (Å²) in [5.74, 6) is 0. The fourth-order valence-electron chi connectivity index (χ4n) is 1.74. The van der Waals surface area contributed by atoms with E-state index in [0.717, 1.165) is 0 Å². The Morgan fingerprint density at radius 2 is 1.50 bits per heavy atom. The number of hydrogen-bond donors (Lipinski definition) is 4. The third kappa shape index (κ3) is 8.00. The van der Waals surface area contributed by atoms with E-state index in [9.17, 15) is 0 Å². The molecule has 0 saturated carbocycles. The van der Waals surface area contributed by atoms with E-state index in [0.29, 0.717) is 0 Å². The van der Waals surface area contributed by atoms with Gasteiger partial charge in [-0.25, -0.2) is 0 Å². The standard InChI is InChI=1S/C9H19N.C4H11NO3/c1-2-3-4-7-10-8-5-6-9-10;5-4(1-6,2-7)3-8/h2-9H2,1H3;6-8H,1-3,5H2. The van der Waals surface area contributed by atoms with E-state index in [-0.39, 0.29) is 0 Å². The predicted octanol–water partition coefficient (Wildman–Crippen LogP) is -0.0668. The van der Waals surface area contributed by atoms with Crippen LogP contribution in [0.25, 0.3) is 0 Å².